The highest BCUT2D eigenvalue weighted by Crippen LogP contribution is 2.22. The molecule has 3 rings (SSSR count). The molecule has 0 saturated heterocycles. The predicted molar refractivity (Wildman–Crippen MR) is 97.7 cm³/mol. The van der Waals surface area contributed by atoms with Crippen molar-refractivity contribution in [3.8, 4) is 11.3 Å². The van der Waals surface area contributed by atoms with Crippen LogP contribution in [0.1, 0.15) is 11.1 Å². The van der Waals surface area contributed by atoms with Gasteiger partial charge in [0.15, 0.2) is 0 Å². The zero-order chi connectivity index (χ0) is 17.9. The van der Waals surface area contributed by atoms with Crippen LogP contribution in [0.3, 0.4) is 0 Å². The van der Waals surface area contributed by atoms with Crippen LogP contribution in [0.2, 0.25) is 5.02 Å². The van der Waals surface area contributed by atoms with Gasteiger partial charge in [-0.1, -0.05) is 23.7 Å². The Kier molecular flexibility index (Phi) is 5.13. The molecule has 0 unspecified atom stereocenters. The molecule has 3 aromatic rings. The molecule has 0 spiro atoms. The Morgan fingerprint density at radius 3 is 2.64 bits per heavy atom. The first-order valence-corrected chi connectivity index (χ1v) is 9.43. The van der Waals surface area contributed by atoms with Crippen LogP contribution in [0.25, 0.3) is 11.3 Å². The molecule has 7 heteroatoms. The Balaban J connectivity index is 1.85. The van der Waals surface area contributed by atoms with Gasteiger partial charge in [0.2, 0.25) is 10.0 Å². The maximum atomic E-state index is 12.5. The van der Waals surface area contributed by atoms with E-state index in [9.17, 15) is 8.42 Å². The molecule has 0 amide bonds. The molecule has 0 aliphatic carbocycles. The lowest BCUT2D eigenvalue weighted by molar-refractivity contribution is 0.581. The van der Waals surface area contributed by atoms with E-state index in [2.05, 4.69) is 14.7 Å². The first kappa shape index (κ1) is 17.5. The van der Waals surface area contributed by atoms with Crippen LogP contribution in [0.15, 0.2) is 66.0 Å². The average Bonchev–Trinajstić information content (AvgIpc) is 2.63. The van der Waals surface area contributed by atoms with Gasteiger partial charge in [0.25, 0.3) is 0 Å². The fraction of sp³-hybridized carbons (Fsp3) is 0.111. The van der Waals surface area contributed by atoms with Crippen molar-refractivity contribution in [3.05, 3.63) is 77.2 Å². The highest BCUT2D eigenvalue weighted by molar-refractivity contribution is 7.89. The molecule has 0 saturated carbocycles. The van der Waals surface area contributed by atoms with E-state index in [1.54, 1.807) is 30.7 Å². The number of nitrogens with one attached hydrogen (secondary N) is 1. The minimum Gasteiger partial charge on any atom is -0.264 e. The second-order valence-electron chi connectivity index (χ2n) is 5.49. The fourth-order valence-electron chi connectivity index (χ4n) is 2.34. The fourth-order valence-corrected chi connectivity index (χ4v) is 3.62. The number of sulfonamides is 1. The van der Waals surface area contributed by atoms with Crippen molar-refractivity contribution in [1.82, 2.24) is 14.7 Å². The van der Waals surface area contributed by atoms with Gasteiger partial charge in [0.05, 0.1) is 10.6 Å². The summed E-state index contributed by atoms with van der Waals surface area (Å²) >= 11 is 6.03. The lowest BCUT2D eigenvalue weighted by atomic mass is 10.1. The highest BCUT2D eigenvalue weighted by Gasteiger charge is 2.16. The van der Waals surface area contributed by atoms with Gasteiger partial charge in [0, 0.05) is 35.7 Å². The molecule has 128 valence electrons. The summed E-state index contributed by atoms with van der Waals surface area (Å²) in [4.78, 5) is 8.57. The molecule has 0 bridgehead atoms. The monoisotopic (exact) mass is 373 g/mol. The highest BCUT2D eigenvalue weighted by atomic mass is 35.5. The second kappa shape index (κ2) is 7.31. The number of nitrogens with zero attached hydrogens (tertiary/aromatic N) is 2. The summed E-state index contributed by atoms with van der Waals surface area (Å²) in [7, 11) is -3.67. The molecule has 1 aromatic carbocycles. The van der Waals surface area contributed by atoms with Crippen LogP contribution >= 0.6 is 11.6 Å². The van der Waals surface area contributed by atoms with E-state index in [1.807, 2.05) is 25.1 Å². The van der Waals surface area contributed by atoms with Crippen LogP contribution in [0.4, 0.5) is 0 Å². The summed E-state index contributed by atoms with van der Waals surface area (Å²) in [5.74, 6) is 0. The number of aromatic nitrogens is 2. The van der Waals surface area contributed by atoms with Crippen molar-refractivity contribution in [1.29, 1.82) is 0 Å². The third kappa shape index (κ3) is 4.04. The number of pyridine rings is 2. The van der Waals surface area contributed by atoms with Crippen LogP contribution in [0, 0.1) is 6.92 Å². The normalized spacial score (nSPS) is 11.4. The van der Waals surface area contributed by atoms with E-state index >= 15 is 0 Å². The van der Waals surface area contributed by atoms with Crippen molar-refractivity contribution < 1.29 is 8.42 Å². The molecule has 0 aliphatic rings. The summed E-state index contributed by atoms with van der Waals surface area (Å²) in [6, 6.07) is 12.0. The van der Waals surface area contributed by atoms with E-state index in [4.69, 9.17) is 11.6 Å². The maximum absolute atomic E-state index is 12.5. The van der Waals surface area contributed by atoms with E-state index in [1.165, 1.54) is 12.1 Å². The standard InChI is InChI=1S/C18H16ClN3O2S/c1-13-6-7-16(10-17(13)19)25(23,24)22-12-15-5-3-9-21-18(15)14-4-2-8-20-11-14/h2-11,22H,12H2,1H3. The number of halogens is 1. The van der Waals surface area contributed by atoms with Gasteiger partial charge in [-0.2, -0.15) is 0 Å². The summed E-state index contributed by atoms with van der Waals surface area (Å²) < 4.78 is 27.6. The Morgan fingerprint density at radius 1 is 1.12 bits per heavy atom. The summed E-state index contributed by atoms with van der Waals surface area (Å²) in [5, 5.41) is 0.417. The quantitative estimate of drug-likeness (QED) is 0.741. The molecule has 0 radical (unpaired) electrons. The molecular weight excluding hydrogens is 358 g/mol. The zero-order valence-corrected chi connectivity index (χ0v) is 15.1. The lowest BCUT2D eigenvalue weighted by Crippen LogP contribution is -2.23. The topological polar surface area (TPSA) is 72.0 Å². The Labute approximate surface area is 151 Å². The molecule has 5 nitrogen and oxygen atoms in total. The van der Waals surface area contributed by atoms with E-state index in [0.717, 1.165) is 16.7 Å². The molecule has 0 atom stereocenters. The van der Waals surface area contributed by atoms with Gasteiger partial charge < -0.3 is 0 Å². The minimum atomic E-state index is -3.67. The minimum absolute atomic E-state index is 0.117. The SMILES string of the molecule is Cc1ccc(S(=O)(=O)NCc2cccnc2-c2cccnc2)cc1Cl. The second-order valence-corrected chi connectivity index (χ2v) is 7.66. The third-order valence-electron chi connectivity index (χ3n) is 3.73. The van der Waals surface area contributed by atoms with Crippen molar-refractivity contribution in [2.24, 2.45) is 0 Å². The number of benzene rings is 1. The van der Waals surface area contributed by atoms with Gasteiger partial charge in [-0.05, 0) is 48.4 Å². The summed E-state index contributed by atoms with van der Waals surface area (Å²) in [6.07, 6.45) is 5.04. The number of hydrogen-bond donors (Lipinski definition) is 1. The Bertz CT molecular complexity index is 992. The first-order chi connectivity index (χ1) is 12.0. The van der Waals surface area contributed by atoms with Crippen molar-refractivity contribution in [3.63, 3.8) is 0 Å². The largest absolute Gasteiger partial charge is 0.264 e. The average molecular weight is 374 g/mol. The summed E-state index contributed by atoms with van der Waals surface area (Å²) in [5.41, 5.74) is 3.11. The van der Waals surface area contributed by atoms with Gasteiger partial charge in [0.1, 0.15) is 0 Å². The van der Waals surface area contributed by atoms with Crippen molar-refractivity contribution in [2.75, 3.05) is 0 Å². The van der Waals surface area contributed by atoms with Crippen LogP contribution in [-0.2, 0) is 16.6 Å². The van der Waals surface area contributed by atoms with Gasteiger partial charge in [-0.15, -0.1) is 0 Å². The molecule has 2 aromatic heterocycles. The van der Waals surface area contributed by atoms with E-state index in [-0.39, 0.29) is 11.4 Å². The van der Waals surface area contributed by atoms with Crippen LogP contribution < -0.4 is 4.72 Å². The smallest absolute Gasteiger partial charge is 0.240 e. The zero-order valence-electron chi connectivity index (χ0n) is 13.5. The van der Waals surface area contributed by atoms with Gasteiger partial charge >= 0.3 is 0 Å². The Hall–Kier alpha value is -2.28. The Morgan fingerprint density at radius 2 is 1.92 bits per heavy atom. The molecule has 0 fully saturated rings. The molecular formula is C18H16ClN3O2S. The van der Waals surface area contributed by atoms with Crippen molar-refractivity contribution in [2.45, 2.75) is 18.4 Å². The number of aryl methyl sites for hydroxylation is 1. The van der Waals surface area contributed by atoms with E-state index < -0.39 is 10.0 Å². The third-order valence-corrected chi connectivity index (χ3v) is 5.54. The molecule has 0 aliphatic heterocycles. The number of rotatable bonds is 5. The lowest BCUT2D eigenvalue weighted by Gasteiger charge is -2.11. The van der Waals surface area contributed by atoms with Crippen LogP contribution in [-0.4, -0.2) is 18.4 Å². The van der Waals surface area contributed by atoms with Crippen LogP contribution in [0.5, 0.6) is 0 Å². The van der Waals surface area contributed by atoms with Gasteiger partial charge in [-0.3, -0.25) is 9.97 Å². The molecule has 2 heterocycles. The molecule has 1 N–H and O–H groups in total. The predicted octanol–water partition coefficient (Wildman–Crippen LogP) is 3.58. The first-order valence-electron chi connectivity index (χ1n) is 7.57. The summed E-state index contributed by atoms with van der Waals surface area (Å²) in [6.45, 7) is 1.94. The molecule has 25 heavy (non-hydrogen) atoms. The van der Waals surface area contributed by atoms with E-state index in [0.29, 0.717) is 10.7 Å². The maximum Gasteiger partial charge on any atom is 0.240 e. The van der Waals surface area contributed by atoms with Gasteiger partial charge in [-0.25, -0.2) is 13.1 Å². The number of hydrogen-bond acceptors (Lipinski definition) is 4. The van der Waals surface area contributed by atoms with Crippen molar-refractivity contribution >= 4 is 21.6 Å².